The molecule has 0 aromatic heterocycles. The van der Waals surface area contributed by atoms with Crippen LogP contribution in [-0.4, -0.2) is 5.11 Å². The standard InChI is InChI=1S/C16H17NO2/c17-19-16(14-5-6-14)13-3-1-11(2-4-13)12-7-9-15(18)10-8-12/h1-4,7-10,14,16,18H,5-6,17H2. The van der Waals surface area contributed by atoms with Gasteiger partial charge in [0, 0.05) is 0 Å². The highest BCUT2D eigenvalue weighted by Gasteiger charge is 2.32. The van der Waals surface area contributed by atoms with Crippen LogP contribution in [0.25, 0.3) is 11.1 Å². The van der Waals surface area contributed by atoms with E-state index in [1.165, 1.54) is 12.8 Å². The van der Waals surface area contributed by atoms with Gasteiger partial charge >= 0.3 is 0 Å². The predicted molar refractivity (Wildman–Crippen MR) is 74.3 cm³/mol. The minimum atomic E-state index is 0.0221. The van der Waals surface area contributed by atoms with Crippen molar-refractivity contribution in [3.05, 3.63) is 54.1 Å². The molecule has 0 saturated heterocycles. The van der Waals surface area contributed by atoms with Crippen molar-refractivity contribution in [2.24, 2.45) is 11.8 Å². The van der Waals surface area contributed by atoms with Gasteiger partial charge in [0.2, 0.25) is 0 Å². The molecule has 0 spiro atoms. The zero-order valence-corrected chi connectivity index (χ0v) is 10.6. The van der Waals surface area contributed by atoms with E-state index in [-0.39, 0.29) is 11.9 Å². The smallest absolute Gasteiger partial charge is 0.115 e. The van der Waals surface area contributed by atoms with Crippen LogP contribution >= 0.6 is 0 Å². The molecule has 1 aliphatic carbocycles. The Bertz CT molecular complexity index is 544. The molecule has 2 aromatic carbocycles. The molecule has 3 N–H and O–H groups in total. The van der Waals surface area contributed by atoms with E-state index in [1.54, 1.807) is 12.1 Å². The van der Waals surface area contributed by atoms with Crippen molar-refractivity contribution in [2.45, 2.75) is 18.9 Å². The molecule has 1 unspecified atom stereocenters. The normalized spacial score (nSPS) is 16.3. The van der Waals surface area contributed by atoms with E-state index in [2.05, 4.69) is 24.3 Å². The Morgan fingerprint density at radius 2 is 1.47 bits per heavy atom. The topological polar surface area (TPSA) is 55.5 Å². The summed E-state index contributed by atoms with van der Waals surface area (Å²) in [7, 11) is 0. The van der Waals surface area contributed by atoms with E-state index < -0.39 is 0 Å². The van der Waals surface area contributed by atoms with Crippen molar-refractivity contribution in [3.63, 3.8) is 0 Å². The quantitative estimate of drug-likeness (QED) is 0.823. The summed E-state index contributed by atoms with van der Waals surface area (Å²) in [6, 6.07) is 15.5. The molecular formula is C16H17NO2. The van der Waals surface area contributed by atoms with Gasteiger partial charge in [-0.1, -0.05) is 36.4 Å². The summed E-state index contributed by atoms with van der Waals surface area (Å²) in [4.78, 5) is 5.09. The molecule has 19 heavy (non-hydrogen) atoms. The summed E-state index contributed by atoms with van der Waals surface area (Å²) >= 11 is 0. The maximum absolute atomic E-state index is 9.29. The summed E-state index contributed by atoms with van der Waals surface area (Å²) in [5, 5.41) is 9.29. The van der Waals surface area contributed by atoms with Gasteiger partial charge in [0.15, 0.2) is 0 Å². The third-order valence-corrected chi connectivity index (χ3v) is 3.64. The first-order valence-electron chi connectivity index (χ1n) is 6.53. The number of nitrogens with two attached hydrogens (primary N) is 1. The molecule has 2 aromatic rings. The average molecular weight is 255 g/mol. The second-order valence-corrected chi connectivity index (χ2v) is 5.06. The Morgan fingerprint density at radius 1 is 0.947 bits per heavy atom. The van der Waals surface area contributed by atoms with Gasteiger partial charge in [0.05, 0.1) is 0 Å². The van der Waals surface area contributed by atoms with E-state index in [4.69, 9.17) is 10.7 Å². The summed E-state index contributed by atoms with van der Waals surface area (Å²) in [5.74, 6) is 6.24. The Morgan fingerprint density at radius 3 is 1.95 bits per heavy atom. The van der Waals surface area contributed by atoms with E-state index in [1.807, 2.05) is 12.1 Å². The highest BCUT2D eigenvalue weighted by molar-refractivity contribution is 5.64. The van der Waals surface area contributed by atoms with Gasteiger partial charge in [0.25, 0.3) is 0 Å². The van der Waals surface area contributed by atoms with E-state index in [9.17, 15) is 5.11 Å². The van der Waals surface area contributed by atoms with Crippen LogP contribution in [0.3, 0.4) is 0 Å². The molecule has 1 fully saturated rings. The van der Waals surface area contributed by atoms with Crippen LogP contribution in [0.2, 0.25) is 0 Å². The van der Waals surface area contributed by atoms with Gasteiger partial charge < -0.3 is 5.11 Å². The van der Waals surface area contributed by atoms with Crippen molar-refractivity contribution in [1.82, 2.24) is 0 Å². The fourth-order valence-electron chi connectivity index (χ4n) is 2.38. The largest absolute Gasteiger partial charge is 0.508 e. The maximum Gasteiger partial charge on any atom is 0.115 e. The second-order valence-electron chi connectivity index (χ2n) is 5.06. The number of phenolic OH excluding ortho intramolecular Hbond substituents is 1. The van der Waals surface area contributed by atoms with Gasteiger partial charge in [-0.3, -0.25) is 4.84 Å². The zero-order chi connectivity index (χ0) is 13.2. The van der Waals surface area contributed by atoms with Gasteiger partial charge in [-0.2, -0.15) is 0 Å². The molecule has 3 heteroatoms. The van der Waals surface area contributed by atoms with Crippen molar-refractivity contribution in [2.75, 3.05) is 0 Å². The van der Waals surface area contributed by atoms with Gasteiger partial charge in [0.1, 0.15) is 11.9 Å². The Kier molecular flexibility index (Phi) is 3.23. The summed E-state index contributed by atoms with van der Waals surface area (Å²) in [6.45, 7) is 0. The second kappa shape index (κ2) is 5.03. The highest BCUT2D eigenvalue weighted by atomic mass is 16.6. The SMILES string of the molecule is NOC(c1ccc(-c2ccc(O)cc2)cc1)C1CC1. The monoisotopic (exact) mass is 255 g/mol. The average Bonchev–Trinajstić information content (AvgIpc) is 3.26. The minimum Gasteiger partial charge on any atom is -0.508 e. The first-order valence-corrected chi connectivity index (χ1v) is 6.53. The molecule has 0 heterocycles. The molecule has 0 bridgehead atoms. The molecule has 1 saturated carbocycles. The van der Waals surface area contributed by atoms with Crippen LogP contribution in [0.15, 0.2) is 48.5 Å². The summed E-state index contributed by atoms with van der Waals surface area (Å²) in [6.07, 6.45) is 2.41. The molecule has 0 amide bonds. The molecule has 1 aliphatic rings. The van der Waals surface area contributed by atoms with Crippen LogP contribution in [0.1, 0.15) is 24.5 Å². The molecule has 0 radical (unpaired) electrons. The highest BCUT2D eigenvalue weighted by Crippen LogP contribution is 2.42. The van der Waals surface area contributed by atoms with Crippen molar-refractivity contribution < 1.29 is 9.94 Å². The van der Waals surface area contributed by atoms with Crippen LogP contribution < -0.4 is 5.90 Å². The fraction of sp³-hybridized carbons (Fsp3) is 0.250. The molecule has 0 aliphatic heterocycles. The molecule has 1 atom stereocenters. The van der Waals surface area contributed by atoms with Crippen LogP contribution in [-0.2, 0) is 4.84 Å². The van der Waals surface area contributed by atoms with Gasteiger partial charge in [-0.25, -0.2) is 5.90 Å². The lowest BCUT2D eigenvalue weighted by atomic mass is 10.00. The summed E-state index contributed by atoms with van der Waals surface area (Å²) in [5.41, 5.74) is 3.34. The van der Waals surface area contributed by atoms with Crippen LogP contribution in [0.5, 0.6) is 5.75 Å². The lowest BCUT2D eigenvalue weighted by Gasteiger charge is -2.14. The number of hydrogen-bond acceptors (Lipinski definition) is 3. The first kappa shape index (κ1) is 12.2. The first-order chi connectivity index (χ1) is 9.28. The third kappa shape index (κ3) is 2.62. The third-order valence-electron chi connectivity index (χ3n) is 3.64. The van der Waals surface area contributed by atoms with E-state index >= 15 is 0 Å². The molecular weight excluding hydrogens is 238 g/mol. The van der Waals surface area contributed by atoms with Gasteiger partial charge in [-0.15, -0.1) is 0 Å². The Labute approximate surface area is 112 Å². The maximum atomic E-state index is 9.29. The van der Waals surface area contributed by atoms with E-state index in [0.29, 0.717) is 5.92 Å². The number of benzene rings is 2. The van der Waals surface area contributed by atoms with Gasteiger partial charge in [-0.05, 0) is 47.6 Å². The Hall–Kier alpha value is -1.84. The van der Waals surface area contributed by atoms with Crippen molar-refractivity contribution in [1.29, 1.82) is 0 Å². The zero-order valence-electron chi connectivity index (χ0n) is 10.6. The van der Waals surface area contributed by atoms with Crippen LogP contribution in [0, 0.1) is 5.92 Å². The van der Waals surface area contributed by atoms with E-state index in [0.717, 1.165) is 16.7 Å². The molecule has 98 valence electrons. The van der Waals surface area contributed by atoms with Crippen LogP contribution in [0.4, 0.5) is 0 Å². The lowest BCUT2D eigenvalue weighted by Crippen LogP contribution is -2.11. The lowest BCUT2D eigenvalue weighted by molar-refractivity contribution is 0.0368. The fourth-order valence-corrected chi connectivity index (χ4v) is 2.38. The number of aromatic hydroxyl groups is 1. The minimum absolute atomic E-state index is 0.0221. The summed E-state index contributed by atoms with van der Waals surface area (Å²) < 4.78 is 0. The number of hydrogen-bond donors (Lipinski definition) is 2. The molecule has 3 nitrogen and oxygen atoms in total. The van der Waals surface area contributed by atoms with Crippen molar-refractivity contribution >= 4 is 0 Å². The number of rotatable bonds is 4. The van der Waals surface area contributed by atoms with Crippen molar-refractivity contribution in [3.8, 4) is 16.9 Å². The Balaban J connectivity index is 1.83. The molecule has 3 rings (SSSR count). The predicted octanol–water partition coefficient (Wildman–Crippen LogP) is 3.40. The number of phenols is 1.